The summed E-state index contributed by atoms with van der Waals surface area (Å²) in [6, 6.07) is 10.6. The SMILES string of the molecule is Cc1nc2nc(N)nn2c(C)c1CC(=O)NCCCCN1CCN(c2ccccc2)CC1. The number of unbranched alkanes of at least 4 members (excludes halogenated alkanes) is 1. The smallest absolute Gasteiger partial charge is 0.254 e. The molecule has 9 heteroatoms. The summed E-state index contributed by atoms with van der Waals surface area (Å²) in [4.78, 5) is 25.9. The Morgan fingerprint density at radius 2 is 1.81 bits per heavy atom. The molecule has 3 N–H and O–H groups in total. The number of amides is 1. The second-order valence-electron chi connectivity index (χ2n) is 8.34. The van der Waals surface area contributed by atoms with E-state index in [2.05, 4.69) is 60.5 Å². The molecular formula is C23H32N8O. The van der Waals surface area contributed by atoms with E-state index < -0.39 is 0 Å². The summed E-state index contributed by atoms with van der Waals surface area (Å²) >= 11 is 0. The van der Waals surface area contributed by atoms with Crippen molar-refractivity contribution in [1.29, 1.82) is 0 Å². The van der Waals surface area contributed by atoms with E-state index >= 15 is 0 Å². The van der Waals surface area contributed by atoms with Crippen LogP contribution in [0, 0.1) is 13.8 Å². The monoisotopic (exact) mass is 436 g/mol. The molecule has 1 aromatic carbocycles. The first-order valence-corrected chi connectivity index (χ1v) is 11.3. The van der Waals surface area contributed by atoms with Crippen LogP contribution in [0.5, 0.6) is 0 Å². The number of rotatable bonds is 8. The van der Waals surface area contributed by atoms with Crippen LogP contribution >= 0.6 is 0 Å². The number of hydrogen-bond acceptors (Lipinski definition) is 7. The lowest BCUT2D eigenvalue weighted by atomic mass is 10.1. The Labute approximate surface area is 188 Å². The zero-order valence-electron chi connectivity index (χ0n) is 18.9. The average Bonchev–Trinajstić information content (AvgIpc) is 3.17. The molecule has 9 nitrogen and oxygen atoms in total. The fraction of sp³-hybridized carbons (Fsp3) is 0.478. The van der Waals surface area contributed by atoms with Gasteiger partial charge in [0.25, 0.3) is 5.78 Å². The van der Waals surface area contributed by atoms with Gasteiger partial charge in [0.2, 0.25) is 11.9 Å². The van der Waals surface area contributed by atoms with E-state index in [1.165, 1.54) is 5.69 Å². The molecule has 4 rings (SSSR count). The summed E-state index contributed by atoms with van der Waals surface area (Å²) < 4.78 is 1.60. The van der Waals surface area contributed by atoms with E-state index in [4.69, 9.17) is 5.73 Å². The summed E-state index contributed by atoms with van der Waals surface area (Å²) in [6.07, 6.45) is 2.33. The van der Waals surface area contributed by atoms with Gasteiger partial charge in [-0.05, 0) is 45.4 Å². The van der Waals surface area contributed by atoms with E-state index in [1.54, 1.807) is 4.52 Å². The van der Waals surface area contributed by atoms with Crippen LogP contribution in [0.2, 0.25) is 0 Å². The lowest BCUT2D eigenvalue weighted by Crippen LogP contribution is -2.46. The number of benzene rings is 1. The number of aryl methyl sites for hydroxylation is 2. The Bertz CT molecular complexity index is 1060. The molecular weight excluding hydrogens is 404 g/mol. The van der Waals surface area contributed by atoms with Gasteiger partial charge in [-0.3, -0.25) is 9.69 Å². The van der Waals surface area contributed by atoms with E-state index in [0.29, 0.717) is 12.3 Å². The maximum atomic E-state index is 12.5. The highest BCUT2D eigenvalue weighted by atomic mass is 16.1. The Balaban J connectivity index is 1.16. The highest BCUT2D eigenvalue weighted by Gasteiger charge is 2.17. The van der Waals surface area contributed by atoms with Crippen molar-refractivity contribution in [3.63, 3.8) is 0 Å². The van der Waals surface area contributed by atoms with Crippen LogP contribution in [0.3, 0.4) is 0 Å². The molecule has 0 atom stereocenters. The van der Waals surface area contributed by atoms with Crippen molar-refractivity contribution in [2.45, 2.75) is 33.1 Å². The summed E-state index contributed by atoms with van der Waals surface area (Å²) in [6.45, 7) is 9.86. The normalized spacial score (nSPS) is 14.8. The van der Waals surface area contributed by atoms with Crippen molar-refractivity contribution in [2.24, 2.45) is 0 Å². The van der Waals surface area contributed by atoms with Gasteiger partial charge in [0, 0.05) is 55.4 Å². The third-order valence-electron chi connectivity index (χ3n) is 6.12. The second kappa shape index (κ2) is 9.95. The topological polar surface area (TPSA) is 105 Å². The summed E-state index contributed by atoms with van der Waals surface area (Å²) in [7, 11) is 0. The molecule has 0 unspecified atom stereocenters. The van der Waals surface area contributed by atoms with Gasteiger partial charge in [0.15, 0.2) is 0 Å². The molecule has 0 radical (unpaired) electrons. The molecule has 1 amide bonds. The number of fused-ring (bicyclic) bond motifs is 1. The molecule has 170 valence electrons. The first-order valence-electron chi connectivity index (χ1n) is 11.3. The van der Waals surface area contributed by atoms with Crippen molar-refractivity contribution in [2.75, 3.05) is 49.9 Å². The Morgan fingerprint density at radius 3 is 2.56 bits per heavy atom. The number of nitrogens with two attached hydrogens (primary N) is 1. The van der Waals surface area contributed by atoms with Gasteiger partial charge in [-0.1, -0.05) is 18.2 Å². The fourth-order valence-electron chi connectivity index (χ4n) is 4.26. The number of carbonyl (C=O) groups is 1. The van der Waals surface area contributed by atoms with Gasteiger partial charge in [0.05, 0.1) is 6.42 Å². The maximum absolute atomic E-state index is 12.5. The highest BCUT2D eigenvalue weighted by Crippen LogP contribution is 2.16. The number of carbonyl (C=O) groups excluding carboxylic acids is 1. The molecule has 3 heterocycles. The molecule has 1 aliphatic rings. The standard InChI is InChI=1S/C23H32N8O/c1-17-20(18(2)31-23(26-17)27-22(24)28-31)16-21(32)25-10-6-7-11-29-12-14-30(15-13-29)19-8-4-3-5-9-19/h3-5,8-9H,6-7,10-16H2,1-2H3,(H2,24,28)(H,25,32). The second-order valence-corrected chi connectivity index (χ2v) is 8.34. The van der Waals surface area contributed by atoms with Crippen molar-refractivity contribution in [3.8, 4) is 0 Å². The summed E-state index contributed by atoms with van der Waals surface area (Å²) in [5.74, 6) is 0.649. The fourth-order valence-corrected chi connectivity index (χ4v) is 4.26. The quantitative estimate of drug-likeness (QED) is 0.517. The zero-order chi connectivity index (χ0) is 22.5. The Hall–Kier alpha value is -3.20. The predicted octanol–water partition coefficient (Wildman–Crippen LogP) is 1.58. The Kier molecular flexibility index (Phi) is 6.84. The van der Waals surface area contributed by atoms with E-state index in [0.717, 1.165) is 62.5 Å². The molecule has 1 fully saturated rings. The minimum atomic E-state index is 0.00177. The van der Waals surface area contributed by atoms with Gasteiger partial charge in [-0.15, -0.1) is 5.10 Å². The molecule has 0 saturated carbocycles. The lowest BCUT2D eigenvalue weighted by Gasteiger charge is -2.36. The summed E-state index contributed by atoms with van der Waals surface area (Å²) in [5, 5.41) is 7.20. The predicted molar refractivity (Wildman–Crippen MR) is 126 cm³/mol. The molecule has 1 saturated heterocycles. The average molecular weight is 437 g/mol. The van der Waals surface area contributed by atoms with Crippen LogP contribution in [0.15, 0.2) is 30.3 Å². The minimum absolute atomic E-state index is 0.00177. The first-order chi connectivity index (χ1) is 15.5. The van der Waals surface area contributed by atoms with Gasteiger partial charge in [0.1, 0.15) is 0 Å². The van der Waals surface area contributed by atoms with E-state index in [9.17, 15) is 4.79 Å². The van der Waals surface area contributed by atoms with Gasteiger partial charge >= 0.3 is 0 Å². The van der Waals surface area contributed by atoms with Crippen molar-refractivity contribution in [3.05, 3.63) is 47.3 Å². The number of anilines is 2. The first kappa shape index (κ1) is 22.0. The van der Waals surface area contributed by atoms with E-state index in [-0.39, 0.29) is 18.3 Å². The molecule has 2 aromatic heterocycles. The molecule has 1 aliphatic heterocycles. The lowest BCUT2D eigenvalue weighted by molar-refractivity contribution is -0.120. The maximum Gasteiger partial charge on any atom is 0.254 e. The minimum Gasteiger partial charge on any atom is -0.369 e. The van der Waals surface area contributed by atoms with E-state index in [1.807, 2.05) is 13.8 Å². The van der Waals surface area contributed by atoms with Crippen LogP contribution in [0.1, 0.15) is 29.8 Å². The number of nitrogens with zero attached hydrogens (tertiary/aromatic N) is 6. The number of aromatic nitrogens is 4. The zero-order valence-corrected chi connectivity index (χ0v) is 18.9. The van der Waals surface area contributed by atoms with Crippen LogP contribution < -0.4 is 16.0 Å². The molecule has 0 aliphatic carbocycles. The number of para-hydroxylation sites is 1. The number of nitrogen functional groups attached to an aromatic ring is 1. The van der Waals surface area contributed by atoms with Gasteiger partial charge < -0.3 is 16.0 Å². The van der Waals surface area contributed by atoms with Crippen LogP contribution in [-0.4, -0.2) is 69.7 Å². The largest absolute Gasteiger partial charge is 0.369 e. The number of piperazine rings is 1. The highest BCUT2D eigenvalue weighted by molar-refractivity contribution is 5.79. The number of hydrogen-bond donors (Lipinski definition) is 2. The van der Waals surface area contributed by atoms with Crippen molar-refractivity contribution < 1.29 is 4.79 Å². The molecule has 0 bridgehead atoms. The van der Waals surface area contributed by atoms with Crippen LogP contribution in [-0.2, 0) is 11.2 Å². The van der Waals surface area contributed by atoms with Crippen LogP contribution in [0.4, 0.5) is 11.6 Å². The number of nitrogens with one attached hydrogen (secondary N) is 1. The van der Waals surface area contributed by atoms with Gasteiger partial charge in [-0.25, -0.2) is 4.98 Å². The Morgan fingerprint density at radius 1 is 1.06 bits per heavy atom. The molecule has 3 aromatic rings. The van der Waals surface area contributed by atoms with Crippen molar-refractivity contribution in [1.82, 2.24) is 29.8 Å². The molecule has 0 spiro atoms. The van der Waals surface area contributed by atoms with Gasteiger partial charge in [-0.2, -0.15) is 9.50 Å². The summed E-state index contributed by atoms with van der Waals surface area (Å²) in [5.41, 5.74) is 9.49. The molecule has 32 heavy (non-hydrogen) atoms. The third kappa shape index (κ3) is 5.16. The van der Waals surface area contributed by atoms with Crippen molar-refractivity contribution >= 4 is 23.3 Å². The third-order valence-corrected chi connectivity index (χ3v) is 6.12. The van der Waals surface area contributed by atoms with Crippen LogP contribution in [0.25, 0.3) is 5.78 Å².